The van der Waals surface area contributed by atoms with E-state index in [0.717, 1.165) is 45.4 Å². The minimum absolute atomic E-state index is 0.0152. The summed E-state index contributed by atoms with van der Waals surface area (Å²) >= 11 is 3.16. The number of aromatic nitrogens is 1. The predicted octanol–water partition coefficient (Wildman–Crippen LogP) is 5.41. The summed E-state index contributed by atoms with van der Waals surface area (Å²) in [5.74, 6) is 4.00. The number of rotatable bonds is 12. The Morgan fingerprint density at radius 1 is 1.16 bits per heavy atom. The molecule has 6 nitrogen and oxygen atoms in total. The molecule has 0 aliphatic heterocycles. The van der Waals surface area contributed by atoms with Gasteiger partial charge in [-0.3, -0.25) is 4.79 Å². The molecule has 172 valence electrons. The van der Waals surface area contributed by atoms with Crippen molar-refractivity contribution in [2.45, 2.75) is 39.9 Å². The van der Waals surface area contributed by atoms with Crippen molar-refractivity contribution in [2.75, 3.05) is 25.5 Å². The molecule has 0 saturated carbocycles. The molecule has 8 heteroatoms. The molecule has 1 aromatic carbocycles. The number of nitrogens with one attached hydrogen (secondary N) is 1. The van der Waals surface area contributed by atoms with Gasteiger partial charge in [-0.2, -0.15) is 0 Å². The maximum absolute atomic E-state index is 12.2. The number of aryl methyl sites for hydroxylation is 2. The Balaban J connectivity index is 1.43. The zero-order chi connectivity index (χ0) is 22.9. The minimum atomic E-state index is 0.0152. The second-order valence-corrected chi connectivity index (χ2v) is 9.10. The minimum Gasteiger partial charge on any atom is -0.490 e. The summed E-state index contributed by atoms with van der Waals surface area (Å²) in [7, 11) is 0. The third-order valence-electron chi connectivity index (χ3n) is 4.76. The Kier molecular flexibility index (Phi) is 9.05. The summed E-state index contributed by atoms with van der Waals surface area (Å²) in [5.41, 5.74) is 3.15. The van der Waals surface area contributed by atoms with Gasteiger partial charge in [-0.25, -0.2) is 4.98 Å². The van der Waals surface area contributed by atoms with Crippen LogP contribution >= 0.6 is 23.1 Å². The van der Waals surface area contributed by atoms with Crippen molar-refractivity contribution in [3.63, 3.8) is 0 Å². The molecule has 0 saturated heterocycles. The third kappa shape index (κ3) is 6.53. The van der Waals surface area contributed by atoms with Crippen LogP contribution in [0.2, 0.25) is 0 Å². The van der Waals surface area contributed by atoms with Gasteiger partial charge in [0.05, 0.1) is 29.5 Å². The molecule has 0 fully saturated rings. The molecule has 1 N–H and O–H groups in total. The molecule has 1 amide bonds. The van der Waals surface area contributed by atoms with Crippen LogP contribution in [0.3, 0.4) is 0 Å². The first kappa shape index (κ1) is 24.2. The number of hydrogen-bond donors (Lipinski definition) is 1. The zero-order valence-electron chi connectivity index (χ0n) is 19.0. The lowest BCUT2D eigenvalue weighted by Gasteiger charge is -2.12. The monoisotopic (exact) mass is 474 g/mol. The smallest absolute Gasteiger partial charge is 0.237 e. The van der Waals surface area contributed by atoms with Crippen LogP contribution in [0.15, 0.2) is 34.1 Å². The number of thiophene rings is 1. The van der Waals surface area contributed by atoms with Gasteiger partial charge in [0, 0.05) is 12.3 Å². The van der Waals surface area contributed by atoms with E-state index in [1.54, 1.807) is 11.3 Å². The summed E-state index contributed by atoms with van der Waals surface area (Å²) in [4.78, 5) is 17.9. The topological polar surface area (TPSA) is 73.6 Å². The van der Waals surface area contributed by atoms with Crippen molar-refractivity contribution in [3.05, 3.63) is 52.2 Å². The summed E-state index contributed by atoms with van der Waals surface area (Å²) in [6.45, 7) is 9.62. The van der Waals surface area contributed by atoms with Crippen molar-refractivity contribution in [2.24, 2.45) is 0 Å². The molecule has 0 atom stereocenters. The van der Waals surface area contributed by atoms with Crippen LogP contribution in [0.4, 0.5) is 0 Å². The number of thioether (sulfide) groups is 1. The molecule has 3 rings (SSSR count). The number of amides is 1. The standard InChI is InChI=1S/C24H30N2O4S2/c1-5-28-20-8-7-18(13-21(20)29-6-2)9-11-25-22(27)15-31-14-19-17(4)30-24(26-19)23-16(3)10-12-32-23/h7-8,10,12-13H,5-6,9,11,14-15H2,1-4H3,(H,25,27). The first-order valence-electron chi connectivity index (χ1n) is 10.8. The normalized spacial score (nSPS) is 10.9. The van der Waals surface area contributed by atoms with Crippen molar-refractivity contribution in [3.8, 4) is 22.3 Å². The predicted molar refractivity (Wildman–Crippen MR) is 131 cm³/mol. The van der Waals surface area contributed by atoms with Crippen LogP contribution in [-0.2, 0) is 17.0 Å². The van der Waals surface area contributed by atoms with Crippen LogP contribution in [0, 0.1) is 13.8 Å². The maximum Gasteiger partial charge on any atom is 0.237 e. The molecule has 2 heterocycles. The van der Waals surface area contributed by atoms with E-state index < -0.39 is 0 Å². The van der Waals surface area contributed by atoms with Gasteiger partial charge < -0.3 is 19.2 Å². The van der Waals surface area contributed by atoms with Gasteiger partial charge in [0.2, 0.25) is 11.8 Å². The van der Waals surface area contributed by atoms with E-state index in [1.165, 1.54) is 11.8 Å². The number of oxazole rings is 1. The van der Waals surface area contributed by atoms with E-state index in [1.807, 2.05) is 44.4 Å². The molecule has 0 aliphatic carbocycles. The quantitative estimate of drug-likeness (QED) is 0.378. The fourth-order valence-electron chi connectivity index (χ4n) is 3.14. The van der Waals surface area contributed by atoms with Crippen LogP contribution in [0.1, 0.15) is 36.4 Å². The van der Waals surface area contributed by atoms with Crippen LogP contribution in [0.25, 0.3) is 10.8 Å². The van der Waals surface area contributed by atoms with Crippen LogP contribution < -0.4 is 14.8 Å². The molecule has 32 heavy (non-hydrogen) atoms. The van der Waals surface area contributed by atoms with E-state index in [-0.39, 0.29) is 5.91 Å². The Labute approximate surface area is 197 Å². The van der Waals surface area contributed by atoms with Crippen molar-refractivity contribution in [1.29, 1.82) is 0 Å². The van der Waals surface area contributed by atoms with Gasteiger partial charge in [0.1, 0.15) is 5.76 Å². The van der Waals surface area contributed by atoms with Crippen LogP contribution in [-0.4, -0.2) is 36.4 Å². The number of hydrogen-bond acceptors (Lipinski definition) is 7. The third-order valence-corrected chi connectivity index (χ3v) is 6.71. The van der Waals surface area contributed by atoms with E-state index in [0.29, 0.717) is 37.2 Å². The molecule has 0 bridgehead atoms. The highest BCUT2D eigenvalue weighted by atomic mass is 32.2. The van der Waals surface area contributed by atoms with Gasteiger partial charge in [0.25, 0.3) is 0 Å². The largest absolute Gasteiger partial charge is 0.490 e. The highest BCUT2D eigenvalue weighted by molar-refractivity contribution is 7.99. The number of ether oxygens (including phenoxy) is 2. The maximum atomic E-state index is 12.2. The Bertz CT molecular complexity index is 1030. The summed E-state index contributed by atoms with van der Waals surface area (Å²) < 4.78 is 17.1. The SMILES string of the molecule is CCOc1ccc(CCNC(=O)CSCc2nc(-c3sccc3C)oc2C)cc1OCC. The van der Waals surface area contributed by atoms with Crippen molar-refractivity contribution < 1.29 is 18.7 Å². The zero-order valence-corrected chi connectivity index (χ0v) is 20.7. The second-order valence-electron chi connectivity index (χ2n) is 7.19. The number of benzene rings is 1. The molecule has 2 aromatic heterocycles. The second kappa shape index (κ2) is 12.0. The molecule has 0 radical (unpaired) electrons. The summed E-state index contributed by atoms with van der Waals surface area (Å²) in [6, 6.07) is 7.97. The van der Waals surface area contributed by atoms with E-state index >= 15 is 0 Å². The highest BCUT2D eigenvalue weighted by Gasteiger charge is 2.15. The highest BCUT2D eigenvalue weighted by Crippen LogP contribution is 2.31. The molecule has 3 aromatic rings. The molecular formula is C24H30N2O4S2. The van der Waals surface area contributed by atoms with Crippen LogP contribution in [0.5, 0.6) is 11.5 Å². The van der Waals surface area contributed by atoms with Crippen molar-refractivity contribution in [1.82, 2.24) is 10.3 Å². The van der Waals surface area contributed by atoms with Gasteiger partial charge >= 0.3 is 0 Å². The lowest BCUT2D eigenvalue weighted by Crippen LogP contribution is -2.27. The lowest BCUT2D eigenvalue weighted by molar-refractivity contribution is -0.118. The van der Waals surface area contributed by atoms with Gasteiger partial charge in [-0.15, -0.1) is 23.1 Å². The van der Waals surface area contributed by atoms with Gasteiger partial charge in [0.15, 0.2) is 11.5 Å². The van der Waals surface area contributed by atoms with E-state index in [4.69, 9.17) is 13.9 Å². The summed E-state index contributed by atoms with van der Waals surface area (Å²) in [6.07, 6.45) is 0.731. The lowest BCUT2D eigenvalue weighted by atomic mass is 10.1. The Morgan fingerprint density at radius 3 is 2.66 bits per heavy atom. The van der Waals surface area contributed by atoms with Gasteiger partial charge in [-0.1, -0.05) is 6.07 Å². The first-order chi connectivity index (χ1) is 15.5. The van der Waals surface area contributed by atoms with Gasteiger partial charge in [-0.05, 0) is 68.8 Å². The Morgan fingerprint density at radius 2 is 1.94 bits per heavy atom. The fraction of sp³-hybridized carbons (Fsp3) is 0.417. The number of nitrogens with zero attached hydrogens (tertiary/aromatic N) is 1. The number of carbonyl (C=O) groups is 1. The molecular weight excluding hydrogens is 444 g/mol. The average molecular weight is 475 g/mol. The Hall–Kier alpha value is -2.45. The van der Waals surface area contributed by atoms with E-state index in [9.17, 15) is 4.79 Å². The first-order valence-corrected chi connectivity index (χ1v) is 12.8. The fourth-order valence-corrected chi connectivity index (χ4v) is 4.84. The molecule has 0 unspecified atom stereocenters. The van der Waals surface area contributed by atoms with Crippen molar-refractivity contribution >= 4 is 29.0 Å². The average Bonchev–Trinajstić information content (AvgIpc) is 3.35. The van der Waals surface area contributed by atoms with E-state index in [2.05, 4.69) is 23.3 Å². The summed E-state index contributed by atoms with van der Waals surface area (Å²) in [5, 5.41) is 5.02. The molecule has 0 spiro atoms. The number of carbonyl (C=O) groups excluding carboxylic acids is 1. The molecule has 0 aliphatic rings.